The van der Waals surface area contributed by atoms with Crippen molar-refractivity contribution in [3.05, 3.63) is 44.6 Å². The van der Waals surface area contributed by atoms with E-state index in [0.29, 0.717) is 6.04 Å². The largest absolute Gasteiger partial charge is 0.497 e. The van der Waals surface area contributed by atoms with Crippen molar-refractivity contribution in [1.29, 1.82) is 0 Å². The van der Waals surface area contributed by atoms with E-state index in [1.807, 2.05) is 19.2 Å². The Balaban J connectivity index is 1.95. The third kappa shape index (κ3) is 2.57. The first-order valence-electron chi connectivity index (χ1n) is 6.47. The van der Waals surface area contributed by atoms with Crippen LogP contribution in [0.4, 0.5) is 0 Å². The number of fused-ring (bicyclic) bond motifs is 1. The molecular weight excluding hydrogens is 338 g/mol. The van der Waals surface area contributed by atoms with E-state index in [4.69, 9.17) is 9.47 Å². The molecule has 1 aromatic carbocycles. The molecule has 0 saturated carbocycles. The van der Waals surface area contributed by atoms with Gasteiger partial charge in [0.15, 0.2) is 0 Å². The van der Waals surface area contributed by atoms with Crippen molar-refractivity contribution in [1.82, 2.24) is 5.32 Å². The second-order valence-corrected chi connectivity index (χ2v) is 6.61. The summed E-state index contributed by atoms with van der Waals surface area (Å²) >= 11 is 5.23. The van der Waals surface area contributed by atoms with Crippen LogP contribution in [0.25, 0.3) is 0 Å². The molecule has 2 aromatic rings. The highest BCUT2D eigenvalue weighted by atomic mass is 79.9. The average Bonchev–Trinajstić information content (AvgIpc) is 2.92. The molecule has 1 aliphatic heterocycles. The molecular formula is C15H16BrNO2S. The van der Waals surface area contributed by atoms with Crippen LogP contribution >= 0.6 is 27.3 Å². The minimum atomic E-state index is 0.0864. The molecule has 3 rings (SSSR count). The highest BCUT2D eigenvalue weighted by Gasteiger charge is 2.29. The molecule has 0 amide bonds. The first-order chi connectivity index (χ1) is 9.71. The Bertz CT molecular complexity index is 614. The summed E-state index contributed by atoms with van der Waals surface area (Å²) in [5.74, 6) is 1.73. The number of benzene rings is 1. The fourth-order valence-corrected chi connectivity index (χ4v) is 4.01. The predicted molar refractivity (Wildman–Crippen MR) is 84.8 cm³/mol. The standard InChI is InChI=1S/C15H16BrNO2S/c1-17-12-7-14(15-5-9(16)8-20-15)19-13-6-10(18-2)3-4-11(12)13/h3-6,8,12,14,17H,7H2,1-2H3. The lowest BCUT2D eigenvalue weighted by atomic mass is 9.96. The second kappa shape index (κ2) is 5.76. The zero-order valence-corrected chi connectivity index (χ0v) is 13.8. The lowest BCUT2D eigenvalue weighted by molar-refractivity contribution is 0.156. The van der Waals surface area contributed by atoms with E-state index in [0.717, 1.165) is 22.4 Å². The zero-order valence-electron chi connectivity index (χ0n) is 11.4. The van der Waals surface area contributed by atoms with Gasteiger partial charge in [0.2, 0.25) is 0 Å². The summed E-state index contributed by atoms with van der Waals surface area (Å²) < 4.78 is 12.6. The van der Waals surface area contributed by atoms with Gasteiger partial charge in [-0.2, -0.15) is 0 Å². The van der Waals surface area contributed by atoms with E-state index in [2.05, 4.69) is 38.8 Å². The van der Waals surface area contributed by atoms with Crippen LogP contribution in [0.5, 0.6) is 11.5 Å². The van der Waals surface area contributed by atoms with Crippen molar-refractivity contribution in [3.63, 3.8) is 0 Å². The molecule has 2 heterocycles. The van der Waals surface area contributed by atoms with Crippen LogP contribution in [0.3, 0.4) is 0 Å². The third-order valence-corrected chi connectivity index (χ3v) is 5.35. The zero-order chi connectivity index (χ0) is 14.1. The van der Waals surface area contributed by atoms with E-state index in [1.165, 1.54) is 10.4 Å². The number of halogens is 1. The second-order valence-electron chi connectivity index (χ2n) is 4.75. The molecule has 2 atom stereocenters. The number of hydrogen-bond donors (Lipinski definition) is 1. The number of hydrogen-bond acceptors (Lipinski definition) is 4. The van der Waals surface area contributed by atoms with Crippen LogP contribution in [-0.2, 0) is 0 Å². The minimum Gasteiger partial charge on any atom is -0.497 e. The summed E-state index contributed by atoms with van der Waals surface area (Å²) in [7, 11) is 3.67. The van der Waals surface area contributed by atoms with Gasteiger partial charge in [-0.05, 0) is 35.1 Å². The van der Waals surface area contributed by atoms with Crippen molar-refractivity contribution in [2.45, 2.75) is 18.6 Å². The average molecular weight is 354 g/mol. The van der Waals surface area contributed by atoms with Gasteiger partial charge < -0.3 is 14.8 Å². The molecule has 106 valence electrons. The van der Waals surface area contributed by atoms with E-state index in [9.17, 15) is 0 Å². The molecule has 1 aromatic heterocycles. The Morgan fingerprint density at radius 3 is 2.90 bits per heavy atom. The van der Waals surface area contributed by atoms with Crippen LogP contribution < -0.4 is 14.8 Å². The van der Waals surface area contributed by atoms with Gasteiger partial charge in [-0.3, -0.25) is 0 Å². The number of ether oxygens (including phenoxy) is 2. The molecule has 2 unspecified atom stereocenters. The van der Waals surface area contributed by atoms with Crippen molar-refractivity contribution in [3.8, 4) is 11.5 Å². The van der Waals surface area contributed by atoms with Gasteiger partial charge in [0.05, 0.1) is 7.11 Å². The van der Waals surface area contributed by atoms with Crippen molar-refractivity contribution >= 4 is 27.3 Å². The Hall–Kier alpha value is -1.04. The predicted octanol–water partition coefficient (Wildman–Crippen LogP) is 4.30. The van der Waals surface area contributed by atoms with Crippen LogP contribution in [0.2, 0.25) is 0 Å². The Morgan fingerprint density at radius 2 is 2.25 bits per heavy atom. The first-order valence-corrected chi connectivity index (χ1v) is 8.14. The lowest BCUT2D eigenvalue weighted by Crippen LogP contribution is -2.26. The molecule has 0 bridgehead atoms. The summed E-state index contributed by atoms with van der Waals surface area (Å²) in [5.41, 5.74) is 1.19. The maximum Gasteiger partial charge on any atom is 0.135 e. The minimum absolute atomic E-state index is 0.0864. The van der Waals surface area contributed by atoms with Crippen molar-refractivity contribution < 1.29 is 9.47 Å². The monoisotopic (exact) mass is 353 g/mol. The third-order valence-electron chi connectivity index (χ3n) is 3.57. The molecule has 0 saturated heterocycles. The highest BCUT2D eigenvalue weighted by molar-refractivity contribution is 9.10. The van der Waals surface area contributed by atoms with Crippen LogP contribution in [-0.4, -0.2) is 14.2 Å². The fraction of sp³-hybridized carbons (Fsp3) is 0.333. The van der Waals surface area contributed by atoms with Crippen molar-refractivity contribution in [2.75, 3.05) is 14.2 Å². The van der Waals surface area contributed by atoms with Gasteiger partial charge in [0.25, 0.3) is 0 Å². The van der Waals surface area contributed by atoms with E-state index >= 15 is 0 Å². The van der Waals surface area contributed by atoms with Gasteiger partial charge in [0.1, 0.15) is 17.6 Å². The SMILES string of the molecule is CNC1CC(c2cc(Br)cs2)Oc2cc(OC)ccc21. The molecule has 0 radical (unpaired) electrons. The topological polar surface area (TPSA) is 30.5 Å². The van der Waals surface area contributed by atoms with E-state index < -0.39 is 0 Å². The molecule has 3 nitrogen and oxygen atoms in total. The van der Waals surface area contributed by atoms with Gasteiger partial charge in [-0.1, -0.05) is 6.07 Å². The van der Waals surface area contributed by atoms with Gasteiger partial charge in [0, 0.05) is 38.8 Å². The van der Waals surface area contributed by atoms with Gasteiger partial charge >= 0.3 is 0 Å². The summed E-state index contributed by atoms with van der Waals surface area (Å²) in [6.07, 6.45) is 1.02. The Kier molecular flexibility index (Phi) is 4.01. The maximum atomic E-state index is 6.18. The summed E-state index contributed by atoms with van der Waals surface area (Å²) in [5, 5.41) is 5.47. The fourth-order valence-electron chi connectivity index (χ4n) is 2.52. The van der Waals surface area contributed by atoms with Gasteiger partial charge in [-0.15, -0.1) is 11.3 Å². The number of thiophene rings is 1. The highest BCUT2D eigenvalue weighted by Crippen LogP contribution is 2.43. The number of methoxy groups -OCH3 is 1. The first kappa shape index (κ1) is 13.9. The van der Waals surface area contributed by atoms with Gasteiger partial charge in [-0.25, -0.2) is 0 Å². The molecule has 1 N–H and O–H groups in total. The molecule has 5 heteroatoms. The smallest absolute Gasteiger partial charge is 0.135 e. The summed E-state index contributed by atoms with van der Waals surface area (Å²) in [6, 6.07) is 8.46. The summed E-state index contributed by atoms with van der Waals surface area (Å²) in [4.78, 5) is 1.24. The molecule has 1 aliphatic rings. The van der Waals surface area contributed by atoms with Crippen LogP contribution in [0.15, 0.2) is 34.1 Å². The molecule has 20 heavy (non-hydrogen) atoms. The Morgan fingerprint density at radius 1 is 1.40 bits per heavy atom. The number of rotatable bonds is 3. The van der Waals surface area contributed by atoms with Crippen molar-refractivity contribution in [2.24, 2.45) is 0 Å². The lowest BCUT2D eigenvalue weighted by Gasteiger charge is -2.31. The number of nitrogens with one attached hydrogen (secondary N) is 1. The quantitative estimate of drug-likeness (QED) is 0.891. The van der Waals surface area contributed by atoms with E-state index in [-0.39, 0.29) is 6.10 Å². The molecule has 0 spiro atoms. The Labute approximate surface area is 131 Å². The van der Waals surface area contributed by atoms with Crippen LogP contribution in [0.1, 0.15) is 29.0 Å². The van der Waals surface area contributed by atoms with E-state index in [1.54, 1.807) is 18.4 Å². The maximum absolute atomic E-state index is 6.18. The molecule has 0 aliphatic carbocycles. The summed E-state index contributed by atoms with van der Waals surface area (Å²) in [6.45, 7) is 0. The normalized spacial score (nSPS) is 21.1. The molecule has 0 fully saturated rings. The van der Waals surface area contributed by atoms with Crippen LogP contribution in [0, 0.1) is 0 Å².